The molecule has 3 aromatic carbocycles. The van der Waals surface area contributed by atoms with Gasteiger partial charge in [0.05, 0.1) is 17.6 Å². The topological polar surface area (TPSA) is 48.0 Å². The second-order valence-corrected chi connectivity index (χ2v) is 5.94. The zero-order chi connectivity index (χ0) is 18.4. The zero-order valence-electron chi connectivity index (χ0n) is 13.4. The molecule has 0 spiro atoms. The van der Waals surface area contributed by atoms with Crippen LogP contribution in [0.3, 0.4) is 0 Å². The molecule has 6 heteroatoms. The summed E-state index contributed by atoms with van der Waals surface area (Å²) in [7, 11) is 0. The van der Waals surface area contributed by atoms with Crippen molar-refractivity contribution in [3.63, 3.8) is 0 Å². The van der Waals surface area contributed by atoms with Gasteiger partial charge in [0.15, 0.2) is 11.6 Å². The van der Waals surface area contributed by atoms with Gasteiger partial charge < -0.3 is 10.3 Å². The molecule has 2 N–H and O–H groups in total. The lowest BCUT2D eigenvalue weighted by molar-refractivity contribution is 0.100. The van der Waals surface area contributed by atoms with E-state index in [9.17, 15) is 18.0 Å². The largest absolute Gasteiger partial charge is 0.366 e. The fraction of sp³-hybridized carbons (Fsp3) is 0.0500. The van der Waals surface area contributed by atoms with E-state index in [1.165, 1.54) is 18.2 Å². The van der Waals surface area contributed by atoms with Crippen molar-refractivity contribution in [2.45, 2.75) is 6.54 Å². The highest BCUT2D eigenvalue weighted by Crippen LogP contribution is 2.32. The smallest absolute Gasteiger partial charge is 0.249 e. The van der Waals surface area contributed by atoms with Crippen LogP contribution in [-0.2, 0) is 6.54 Å². The molecule has 1 amide bonds. The van der Waals surface area contributed by atoms with Crippen LogP contribution in [0.4, 0.5) is 13.2 Å². The van der Waals surface area contributed by atoms with Crippen molar-refractivity contribution >= 4 is 27.7 Å². The maximum absolute atomic E-state index is 14.1. The molecule has 1 aromatic heterocycles. The third kappa shape index (κ3) is 2.42. The molecule has 0 aliphatic carbocycles. The molecule has 26 heavy (non-hydrogen) atoms. The molecule has 0 aliphatic rings. The van der Waals surface area contributed by atoms with E-state index in [4.69, 9.17) is 5.73 Å². The summed E-state index contributed by atoms with van der Waals surface area (Å²) < 4.78 is 43.1. The summed E-state index contributed by atoms with van der Waals surface area (Å²) in [5.74, 6) is -3.08. The number of nitrogens with two attached hydrogens (primary N) is 1. The average Bonchev–Trinajstić information content (AvgIpc) is 2.92. The average molecular weight is 353 g/mol. The Bertz CT molecular complexity index is 1180. The van der Waals surface area contributed by atoms with Crippen molar-refractivity contribution in [3.05, 3.63) is 83.2 Å². The van der Waals surface area contributed by atoms with Crippen LogP contribution in [-0.4, -0.2) is 10.5 Å². The first-order chi connectivity index (χ1) is 12.5. The number of nitrogens with zero attached hydrogens (tertiary/aromatic N) is 1. The van der Waals surface area contributed by atoms with Crippen LogP contribution in [0.1, 0.15) is 15.9 Å². The highest BCUT2D eigenvalue weighted by atomic mass is 19.2. The molecule has 1 radical (unpaired) electrons. The normalized spacial score (nSPS) is 11.3. The van der Waals surface area contributed by atoms with Gasteiger partial charge in [-0.1, -0.05) is 18.2 Å². The third-order valence-electron chi connectivity index (χ3n) is 4.38. The monoisotopic (exact) mass is 353 g/mol. The van der Waals surface area contributed by atoms with Crippen LogP contribution in [0.5, 0.6) is 0 Å². The van der Waals surface area contributed by atoms with Gasteiger partial charge in [0.25, 0.3) is 0 Å². The second kappa shape index (κ2) is 5.91. The molecule has 0 atom stereocenters. The molecule has 129 valence electrons. The zero-order valence-corrected chi connectivity index (χ0v) is 13.4. The quantitative estimate of drug-likeness (QED) is 0.591. The van der Waals surface area contributed by atoms with Crippen molar-refractivity contribution in [1.82, 2.24) is 4.57 Å². The Balaban J connectivity index is 2.07. The summed E-state index contributed by atoms with van der Waals surface area (Å²) >= 11 is 0. The number of rotatable bonds is 3. The van der Waals surface area contributed by atoms with Gasteiger partial charge in [-0.15, -0.1) is 0 Å². The van der Waals surface area contributed by atoms with Gasteiger partial charge in [-0.2, -0.15) is 0 Å². The van der Waals surface area contributed by atoms with Gasteiger partial charge >= 0.3 is 0 Å². The van der Waals surface area contributed by atoms with Crippen LogP contribution in [0, 0.1) is 23.5 Å². The number of carbonyl (C=O) groups excluding carboxylic acids is 1. The fourth-order valence-electron chi connectivity index (χ4n) is 3.25. The first kappa shape index (κ1) is 16.2. The number of halogens is 3. The standard InChI is InChI=1S/C20H12F3N2O/c21-12-7-8-13-17(9-12)25(10-11-3-1-5-15(22)19(11)23)16-6-2-4-14(18(13)16)20(24)26/h1-7,9H,10H2,(H2,24,26). The summed E-state index contributed by atoms with van der Waals surface area (Å²) in [5, 5.41) is 0.999. The van der Waals surface area contributed by atoms with Crippen molar-refractivity contribution < 1.29 is 18.0 Å². The van der Waals surface area contributed by atoms with Crippen LogP contribution >= 0.6 is 0 Å². The van der Waals surface area contributed by atoms with Gasteiger partial charge in [-0.05, 0) is 36.4 Å². The molecule has 0 unspecified atom stereocenters. The van der Waals surface area contributed by atoms with Gasteiger partial charge in [0.2, 0.25) is 5.91 Å². The van der Waals surface area contributed by atoms with Crippen LogP contribution in [0.2, 0.25) is 0 Å². The number of aromatic nitrogens is 1. The van der Waals surface area contributed by atoms with E-state index in [0.29, 0.717) is 21.8 Å². The lowest BCUT2D eigenvalue weighted by atomic mass is 10.1. The Morgan fingerprint density at radius 1 is 1.08 bits per heavy atom. The molecule has 3 nitrogen and oxygen atoms in total. The summed E-state index contributed by atoms with van der Waals surface area (Å²) in [6, 6.07) is 14.1. The number of fused-ring (bicyclic) bond motifs is 3. The minimum absolute atomic E-state index is 0.0386. The maximum atomic E-state index is 14.1. The summed E-state index contributed by atoms with van der Waals surface area (Å²) in [5.41, 5.74) is 6.80. The first-order valence-corrected chi connectivity index (χ1v) is 7.82. The Hall–Kier alpha value is -3.28. The van der Waals surface area contributed by atoms with E-state index in [2.05, 4.69) is 6.07 Å². The minimum atomic E-state index is -0.964. The fourth-order valence-corrected chi connectivity index (χ4v) is 3.25. The van der Waals surface area contributed by atoms with Crippen LogP contribution < -0.4 is 5.73 Å². The highest BCUT2D eigenvalue weighted by molar-refractivity contribution is 6.17. The Kier molecular flexibility index (Phi) is 3.68. The number of carbonyl (C=O) groups is 1. The van der Waals surface area contributed by atoms with Gasteiger partial charge in [0.1, 0.15) is 5.82 Å². The predicted molar refractivity (Wildman–Crippen MR) is 92.2 cm³/mol. The Labute approximate surface area is 146 Å². The van der Waals surface area contributed by atoms with E-state index in [1.54, 1.807) is 22.8 Å². The molecule has 0 saturated carbocycles. The first-order valence-electron chi connectivity index (χ1n) is 7.82. The molecule has 0 fully saturated rings. The lowest BCUT2D eigenvalue weighted by Gasteiger charge is -2.09. The number of benzene rings is 3. The molecule has 4 aromatic rings. The Morgan fingerprint density at radius 2 is 1.85 bits per heavy atom. The number of hydrogen-bond donors (Lipinski definition) is 1. The molecular weight excluding hydrogens is 341 g/mol. The highest BCUT2D eigenvalue weighted by Gasteiger charge is 2.18. The predicted octanol–water partition coefficient (Wildman–Crippen LogP) is 4.16. The van der Waals surface area contributed by atoms with Crippen molar-refractivity contribution in [2.75, 3.05) is 0 Å². The van der Waals surface area contributed by atoms with Gasteiger partial charge in [0, 0.05) is 21.9 Å². The molecule has 4 rings (SSSR count). The third-order valence-corrected chi connectivity index (χ3v) is 4.38. The molecule has 0 aliphatic heterocycles. The van der Waals surface area contributed by atoms with Gasteiger partial charge in [-0.25, -0.2) is 13.2 Å². The van der Waals surface area contributed by atoms with Crippen molar-refractivity contribution in [1.29, 1.82) is 0 Å². The Morgan fingerprint density at radius 3 is 2.62 bits per heavy atom. The number of primary amides is 1. The van der Waals surface area contributed by atoms with Crippen LogP contribution in [0.25, 0.3) is 21.8 Å². The summed E-state index contributed by atoms with van der Waals surface area (Å²) in [6.07, 6.45) is 0. The van der Waals surface area contributed by atoms with E-state index in [-0.39, 0.29) is 17.7 Å². The van der Waals surface area contributed by atoms with Crippen molar-refractivity contribution in [2.24, 2.45) is 5.73 Å². The van der Waals surface area contributed by atoms with E-state index in [1.807, 2.05) is 0 Å². The van der Waals surface area contributed by atoms with Gasteiger partial charge in [-0.3, -0.25) is 4.79 Å². The van der Waals surface area contributed by atoms with Crippen LogP contribution in [0.15, 0.2) is 48.5 Å². The van der Waals surface area contributed by atoms with E-state index >= 15 is 0 Å². The number of hydrogen-bond acceptors (Lipinski definition) is 1. The minimum Gasteiger partial charge on any atom is -0.366 e. The van der Waals surface area contributed by atoms with E-state index < -0.39 is 23.4 Å². The molecule has 1 heterocycles. The second-order valence-electron chi connectivity index (χ2n) is 5.94. The van der Waals surface area contributed by atoms with E-state index in [0.717, 1.165) is 12.1 Å². The molecule has 0 saturated heterocycles. The lowest BCUT2D eigenvalue weighted by Crippen LogP contribution is -2.11. The van der Waals surface area contributed by atoms with Crippen molar-refractivity contribution in [3.8, 4) is 0 Å². The summed E-state index contributed by atoms with van der Waals surface area (Å²) in [4.78, 5) is 11.8. The molecule has 0 bridgehead atoms. The number of amides is 1. The summed E-state index contributed by atoms with van der Waals surface area (Å²) in [6.45, 7) is -0.0386. The molecular formula is C20H12F3N2O. The maximum Gasteiger partial charge on any atom is 0.249 e. The SMILES string of the molecule is NC(=O)c1cccc2c1c1[c]cc(F)cc1n2Cc1cccc(F)c1F.